The average molecular weight is 427 g/mol. The van der Waals surface area contributed by atoms with Gasteiger partial charge in [-0.1, -0.05) is 12.1 Å². The summed E-state index contributed by atoms with van der Waals surface area (Å²) < 4.78 is 1.82. The average Bonchev–Trinajstić information content (AvgIpc) is 3.37. The van der Waals surface area contributed by atoms with Crippen molar-refractivity contribution in [2.24, 2.45) is 0 Å². The van der Waals surface area contributed by atoms with Crippen molar-refractivity contribution in [2.75, 3.05) is 23.7 Å². The van der Waals surface area contributed by atoms with Gasteiger partial charge in [-0.15, -0.1) is 0 Å². The van der Waals surface area contributed by atoms with E-state index in [1.807, 2.05) is 16.7 Å². The number of nitro groups is 1. The standard InChI is InChI=1S/C21H17N9O2/c22-11-15-1-3-16(4-2-15)20-18(29-10-9-23-14-29)13-27-21(28-20)25-8-7-24-19-6-5-17(12-26-19)30(31)32/h1-6,9-10,12-14H,7-8H2,(H,24,26)(H,25,27,28). The lowest BCUT2D eigenvalue weighted by Gasteiger charge is -2.12. The molecule has 2 N–H and O–H groups in total. The van der Waals surface area contributed by atoms with Crippen LogP contribution >= 0.6 is 0 Å². The fourth-order valence-corrected chi connectivity index (χ4v) is 2.93. The SMILES string of the molecule is N#Cc1ccc(-c2nc(NCCNc3ccc([N+](=O)[O-])cn3)ncc2-n2ccnc2)cc1. The fourth-order valence-electron chi connectivity index (χ4n) is 2.93. The van der Waals surface area contributed by atoms with Crippen molar-refractivity contribution in [1.82, 2.24) is 24.5 Å². The second-order valence-corrected chi connectivity index (χ2v) is 6.60. The first-order valence-electron chi connectivity index (χ1n) is 9.58. The Morgan fingerprint density at radius 3 is 2.53 bits per heavy atom. The topological polar surface area (TPSA) is 147 Å². The summed E-state index contributed by atoms with van der Waals surface area (Å²) in [6.07, 6.45) is 8.06. The zero-order valence-electron chi connectivity index (χ0n) is 16.7. The van der Waals surface area contributed by atoms with E-state index < -0.39 is 4.92 Å². The molecule has 0 bridgehead atoms. The molecule has 0 amide bonds. The fraction of sp³-hybridized carbons (Fsp3) is 0.0952. The molecule has 158 valence electrons. The van der Waals surface area contributed by atoms with Gasteiger partial charge in [0.25, 0.3) is 5.69 Å². The number of aromatic nitrogens is 5. The molecule has 4 rings (SSSR count). The van der Waals surface area contributed by atoms with Gasteiger partial charge in [0.2, 0.25) is 5.95 Å². The molecule has 11 heteroatoms. The van der Waals surface area contributed by atoms with E-state index in [0.717, 1.165) is 11.3 Å². The molecule has 0 aliphatic carbocycles. The highest BCUT2D eigenvalue weighted by Crippen LogP contribution is 2.25. The molecule has 0 spiro atoms. The van der Waals surface area contributed by atoms with E-state index in [1.54, 1.807) is 43.1 Å². The van der Waals surface area contributed by atoms with Crippen LogP contribution < -0.4 is 10.6 Å². The van der Waals surface area contributed by atoms with Gasteiger partial charge in [0.1, 0.15) is 12.0 Å². The summed E-state index contributed by atoms with van der Waals surface area (Å²) in [6, 6.07) is 12.2. The van der Waals surface area contributed by atoms with Gasteiger partial charge in [0, 0.05) is 37.1 Å². The minimum Gasteiger partial charge on any atom is -0.368 e. The first-order valence-corrected chi connectivity index (χ1v) is 9.58. The summed E-state index contributed by atoms with van der Waals surface area (Å²) in [5.41, 5.74) is 2.79. The number of hydrogen-bond acceptors (Lipinski definition) is 9. The highest BCUT2D eigenvalue weighted by molar-refractivity contribution is 5.70. The second kappa shape index (κ2) is 9.31. The van der Waals surface area contributed by atoms with Crippen molar-refractivity contribution < 1.29 is 4.92 Å². The lowest BCUT2D eigenvalue weighted by atomic mass is 10.1. The number of pyridine rings is 1. The van der Waals surface area contributed by atoms with E-state index >= 15 is 0 Å². The molecule has 0 fully saturated rings. The summed E-state index contributed by atoms with van der Waals surface area (Å²) in [5, 5.41) is 26.0. The molecule has 11 nitrogen and oxygen atoms in total. The van der Waals surface area contributed by atoms with Crippen LogP contribution in [-0.4, -0.2) is 42.5 Å². The second-order valence-electron chi connectivity index (χ2n) is 6.60. The van der Waals surface area contributed by atoms with E-state index in [-0.39, 0.29) is 5.69 Å². The monoisotopic (exact) mass is 427 g/mol. The molecule has 0 unspecified atom stereocenters. The van der Waals surface area contributed by atoms with Crippen LogP contribution in [0.4, 0.5) is 17.5 Å². The number of rotatable bonds is 8. The summed E-state index contributed by atoms with van der Waals surface area (Å²) in [4.78, 5) is 27.3. The van der Waals surface area contributed by atoms with Crippen molar-refractivity contribution in [1.29, 1.82) is 5.26 Å². The molecule has 0 aliphatic heterocycles. The normalized spacial score (nSPS) is 10.3. The number of anilines is 2. The van der Waals surface area contributed by atoms with Crippen LogP contribution in [0.1, 0.15) is 5.56 Å². The van der Waals surface area contributed by atoms with E-state index in [4.69, 9.17) is 5.26 Å². The van der Waals surface area contributed by atoms with Crippen LogP contribution in [-0.2, 0) is 0 Å². The lowest BCUT2D eigenvalue weighted by Crippen LogP contribution is -2.16. The zero-order chi connectivity index (χ0) is 22.3. The Labute approximate surface area is 182 Å². The van der Waals surface area contributed by atoms with Gasteiger partial charge in [-0.3, -0.25) is 10.1 Å². The van der Waals surface area contributed by atoms with Gasteiger partial charge in [-0.25, -0.2) is 19.9 Å². The van der Waals surface area contributed by atoms with Crippen molar-refractivity contribution in [3.63, 3.8) is 0 Å². The predicted octanol–water partition coefficient (Wildman–Crippen LogP) is 3.03. The molecule has 1 aromatic carbocycles. The Balaban J connectivity index is 1.47. The highest BCUT2D eigenvalue weighted by atomic mass is 16.6. The number of nitrogens with zero attached hydrogens (tertiary/aromatic N) is 7. The van der Waals surface area contributed by atoms with E-state index in [0.29, 0.717) is 36.1 Å². The summed E-state index contributed by atoms with van der Waals surface area (Å²) in [5.74, 6) is 0.971. The smallest absolute Gasteiger partial charge is 0.287 e. The van der Waals surface area contributed by atoms with Crippen LogP contribution in [0.2, 0.25) is 0 Å². The van der Waals surface area contributed by atoms with Gasteiger partial charge in [0.15, 0.2) is 0 Å². The largest absolute Gasteiger partial charge is 0.368 e. The maximum Gasteiger partial charge on any atom is 0.287 e. The third kappa shape index (κ3) is 4.65. The summed E-state index contributed by atoms with van der Waals surface area (Å²) >= 11 is 0. The molecular formula is C21H17N9O2. The molecule has 0 atom stereocenters. The number of imidazole rings is 1. The van der Waals surface area contributed by atoms with Gasteiger partial charge >= 0.3 is 0 Å². The number of hydrogen-bond donors (Lipinski definition) is 2. The summed E-state index contributed by atoms with van der Waals surface area (Å²) in [7, 11) is 0. The Morgan fingerprint density at radius 2 is 1.88 bits per heavy atom. The van der Waals surface area contributed by atoms with Gasteiger partial charge in [-0.2, -0.15) is 5.26 Å². The van der Waals surface area contributed by atoms with Crippen LogP contribution in [0.15, 0.2) is 67.5 Å². The minimum atomic E-state index is -0.491. The van der Waals surface area contributed by atoms with Gasteiger partial charge in [-0.05, 0) is 18.2 Å². The number of nitrogens with one attached hydrogen (secondary N) is 2. The maximum atomic E-state index is 10.7. The lowest BCUT2D eigenvalue weighted by molar-refractivity contribution is -0.385. The molecule has 0 saturated carbocycles. The number of benzene rings is 1. The first-order chi connectivity index (χ1) is 15.6. The molecule has 0 aliphatic rings. The van der Waals surface area contributed by atoms with Crippen molar-refractivity contribution in [2.45, 2.75) is 0 Å². The van der Waals surface area contributed by atoms with Crippen LogP contribution in [0.5, 0.6) is 0 Å². The van der Waals surface area contributed by atoms with Crippen LogP contribution in [0, 0.1) is 21.4 Å². The predicted molar refractivity (Wildman–Crippen MR) is 117 cm³/mol. The zero-order valence-corrected chi connectivity index (χ0v) is 16.7. The Kier molecular flexibility index (Phi) is 5.94. The van der Waals surface area contributed by atoms with E-state index in [9.17, 15) is 10.1 Å². The molecule has 3 heterocycles. The van der Waals surface area contributed by atoms with Gasteiger partial charge in [0.05, 0.1) is 40.5 Å². The van der Waals surface area contributed by atoms with Crippen molar-refractivity contribution in [3.05, 3.63) is 83.2 Å². The molecular weight excluding hydrogens is 410 g/mol. The number of nitriles is 1. The highest BCUT2D eigenvalue weighted by Gasteiger charge is 2.12. The summed E-state index contributed by atoms with van der Waals surface area (Å²) in [6.45, 7) is 1.000. The molecule has 3 aromatic heterocycles. The van der Waals surface area contributed by atoms with Gasteiger partial charge < -0.3 is 15.2 Å². The Morgan fingerprint density at radius 1 is 1.06 bits per heavy atom. The Bertz CT molecular complexity index is 1250. The molecule has 0 saturated heterocycles. The Hall–Kier alpha value is -4.85. The maximum absolute atomic E-state index is 10.7. The quantitative estimate of drug-likeness (QED) is 0.246. The first kappa shape index (κ1) is 20.4. The molecule has 4 aromatic rings. The van der Waals surface area contributed by atoms with Crippen LogP contribution in [0.25, 0.3) is 16.9 Å². The molecule has 32 heavy (non-hydrogen) atoms. The van der Waals surface area contributed by atoms with Crippen molar-refractivity contribution in [3.8, 4) is 23.0 Å². The minimum absolute atomic E-state index is 0.0598. The van der Waals surface area contributed by atoms with Crippen LogP contribution in [0.3, 0.4) is 0 Å². The molecule has 0 radical (unpaired) electrons. The third-order valence-corrected chi connectivity index (χ3v) is 4.51. The third-order valence-electron chi connectivity index (χ3n) is 4.51. The van der Waals surface area contributed by atoms with E-state index in [1.165, 1.54) is 12.3 Å². The van der Waals surface area contributed by atoms with Crippen molar-refractivity contribution >= 4 is 17.5 Å². The van der Waals surface area contributed by atoms with E-state index in [2.05, 4.69) is 36.6 Å².